The Morgan fingerprint density at radius 3 is 2.32 bits per heavy atom. The number of amides is 1. The van der Waals surface area contributed by atoms with Crippen LogP contribution in [0.15, 0.2) is 0 Å². The summed E-state index contributed by atoms with van der Waals surface area (Å²) in [5.74, 6) is -2.00. The summed E-state index contributed by atoms with van der Waals surface area (Å²) in [6.45, 7) is 3.21. The van der Waals surface area contributed by atoms with Crippen molar-refractivity contribution in [2.24, 2.45) is 5.73 Å². The number of carboxylic acid groups (broad SMARTS) is 1. The van der Waals surface area contributed by atoms with Gasteiger partial charge in [-0.15, -0.1) is 0 Å². The number of sulfone groups is 1. The average molecular weight is 294 g/mol. The van der Waals surface area contributed by atoms with Gasteiger partial charge in [0.05, 0.1) is 11.8 Å². The minimum absolute atomic E-state index is 0.0352. The van der Waals surface area contributed by atoms with Crippen LogP contribution in [0.3, 0.4) is 0 Å². The second-order valence-corrected chi connectivity index (χ2v) is 7.16. The maximum absolute atomic E-state index is 11.8. The van der Waals surface area contributed by atoms with Crippen LogP contribution in [-0.4, -0.2) is 49.0 Å². The second kappa shape index (κ2) is 6.85. The van der Waals surface area contributed by atoms with Gasteiger partial charge in [-0.2, -0.15) is 0 Å². The van der Waals surface area contributed by atoms with Crippen LogP contribution in [0, 0.1) is 0 Å². The lowest BCUT2D eigenvalue weighted by Gasteiger charge is -2.27. The molecule has 0 aliphatic rings. The summed E-state index contributed by atoms with van der Waals surface area (Å²) < 4.78 is 21.9. The van der Waals surface area contributed by atoms with Gasteiger partial charge >= 0.3 is 5.97 Å². The SMILES string of the molecule is CCCC(C)(NC(=O)C(N)CCS(C)(=O)=O)C(=O)O. The monoisotopic (exact) mass is 294 g/mol. The van der Waals surface area contributed by atoms with Gasteiger partial charge in [0.25, 0.3) is 0 Å². The zero-order chi connectivity index (χ0) is 15.3. The summed E-state index contributed by atoms with van der Waals surface area (Å²) >= 11 is 0. The first-order valence-electron chi connectivity index (χ1n) is 6.00. The van der Waals surface area contributed by atoms with Crippen LogP contribution in [0.5, 0.6) is 0 Å². The molecular formula is C11H22N2O5S. The molecule has 2 unspecified atom stereocenters. The molecule has 112 valence electrons. The fourth-order valence-corrected chi connectivity index (χ4v) is 2.24. The summed E-state index contributed by atoms with van der Waals surface area (Å²) in [5.41, 5.74) is 4.18. The number of carboxylic acids is 1. The number of nitrogens with one attached hydrogen (secondary N) is 1. The van der Waals surface area contributed by atoms with E-state index in [1.165, 1.54) is 6.92 Å². The Labute approximate surface area is 113 Å². The van der Waals surface area contributed by atoms with E-state index in [2.05, 4.69) is 5.32 Å². The molecule has 8 heteroatoms. The number of aliphatic carboxylic acids is 1. The van der Waals surface area contributed by atoms with E-state index in [0.29, 0.717) is 6.42 Å². The van der Waals surface area contributed by atoms with Gasteiger partial charge in [0, 0.05) is 6.26 Å². The summed E-state index contributed by atoms with van der Waals surface area (Å²) in [5, 5.41) is 11.5. The normalized spacial score (nSPS) is 16.4. The zero-order valence-corrected chi connectivity index (χ0v) is 12.3. The number of carbonyl (C=O) groups excluding carboxylic acids is 1. The fourth-order valence-electron chi connectivity index (χ4n) is 1.56. The topological polar surface area (TPSA) is 127 Å². The average Bonchev–Trinajstić information content (AvgIpc) is 2.24. The van der Waals surface area contributed by atoms with Crippen LogP contribution in [0.25, 0.3) is 0 Å². The molecule has 7 nitrogen and oxygen atoms in total. The number of hydrogen-bond acceptors (Lipinski definition) is 5. The molecule has 0 spiro atoms. The van der Waals surface area contributed by atoms with Crippen molar-refractivity contribution in [1.82, 2.24) is 5.32 Å². The van der Waals surface area contributed by atoms with E-state index in [0.717, 1.165) is 6.26 Å². The van der Waals surface area contributed by atoms with Gasteiger partial charge in [-0.1, -0.05) is 13.3 Å². The predicted octanol–water partition coefficient (Wildman–Crippen LogP) is -0.492. The van der Waals surface area contributed by atoms with Crippen LogP contribution in [0.2, 0.25) is 0 Å². The Morgan fingerprint density at radius 2 is 1.95 bits per heavy atom. The minimum Gasteiger partial charge on any atom is -0.480 e. The number of hydrogen-bond donors (Lipinski definition) is 3. The third-order valence-electron chi connectivity index (χ3n) is 2.76. The van der Waals surface area contributed by atoms with Crippen molar-refractivity contribution in [2.75, 3.05) is 12.0 Å². The molecule has 0 aromatic rings. The molecule has 2 atom stereocenters. The Bertz CT molecular complexity index is 434. The van der Waals surface area contributed by atoms with E-state index in [9.17, 15) is 18.0 Å². The predicted molar refractivity (Wildman–Crippen MR) is 71.4 cm³/mol. The third kappa shape index (κ3) is 6.53. The standard InChI is InChI=1S/C11H22N2O5S/c1-4-6-11(2,10(15)16)13-9(14)8(12)5-7-19(3,17)18/h8H,4-7,12H2,1-3H3,(H,13,14)(H,15,16). The Hall–Kier alpha value is -1.15. The van der Waals surface area contributed by atoms with Gasteiger partial charge in [-0.05, 0) is 19.8 Å². The van der Waals surface area contributed by atoms with Gasteiger partial charge < -0.3 is 16.2 Å². The second-order valence-electron chi connectivity index (χ2n) is 4.90. The van der Waals surface area contributed by atoms with Crippen molar-refractivity contribution >= 4 is 21.7 Å². The van der Waals surface area contributed by atoms with Crippen LogP contribution >= 0.6 is 0 Å². The largest absolute Gasteiger partial charge is 0.480 e. The van der Waals surface area contributed by atoms with Gasteiger partial charge in [0.1, 0.15) is 15.4 Å². The molecule has 0 rings (SSSR count). The van der Waals surface area contributed by atoms with Crippen molar-refractivity contribution in [1.29, 1.82) is 0 Å². The molecule has 4 N–H and O–H groups in total. The Morgan fingerprint density at radius 1 is 1.42 bits per heavy atom. The molecule has 0 radical (unpaired) electrons. The molecule has 1 amide bonds. The first-order chi connectivity index (χ1) is 8.52. The summed E-state index contributed by atoms with van der Waals surface area (Å²) in [4.78, 5) is 22.9. The molecule has 0 bridgehead atoms. The highest BCUT2D eigenvalue weighted by molar-refractivity contribution is 7.90. The maximum Gasteiger partial charge on any atom is 0.329 e. The van der Waals surface area contributed by atoms with E-state index in [-0.39, 0.29) is 18.6 Å². The van der Waals surface area contributed by atoms with Crippen molar-refractivity contribution in [2.45, 2.75) is 44.7 Å². The van der Waals surface area contributed by atoms with Crippen molar-refractivity contribution in [3.63, 3.8) is 0 Å². The van der Waals surface area contributed by atoms with E-state index in [1.807, 2.05) is 0 Å². The van der Waals surface area contributed by atoms with Gasteiger partial charge in [0.2, 0.25) is 5.91 Å². The maximum atomic E-state index is 11.8. The van der Waals surface area contributed by atoms with Gasteiger partial charge in [-0.3, -0.25) is 4.79 Å². The van der Waals surface area contributed by atoms with Gasteiger partial charge in [-0.25, -0.2) is 13.2 Å². The number of carbonyl (C=O) groups is 2. The highest BCUT2D eigenvalue weighted by Gasteiger charge is 2.35. The van der Waals surface area contributed by atoms with Crippen LogP contribution in [0.4, 0.5) is 0 Å². The van der Waals surface area contributed by atoms with Crippen molar-refractivity contribution < 1.29 is 23.1 Å². The highest BCUT2D eigenvalue weighted by Crippen LogP contribution is 2.13. The zero-order valence-electron chi connectivity index (χ0n) is 11.5. The van der Waals surface area contributed by atoms with E-state index in [1.54, 1.807) is 6.92 Å². The molecular weight excluding hydrogens is 272 g/mol. The fraction of sp³-hybridized carbons (Fsp3) is 0.818. The first kappa shape index (κ1) is 17.8. The number of nitrogens with two attached hydrogens (primary N) is 1. The molecule has 0 aromatic heterocycles. The Kier molecular flexibility index (Phi) is 6.44. The molecule has 19 heavy (non-hydrogen) atoms. The number of rotatable bonds is 8. The molecule has 0 saturated carbocycles. The molecule has 0 aliphatic carbocycles. The summed E-state index contributed by atoms with van der Waals surface area (Å²) in [6.07, 6.45) is 1.87. The smallest absolute Gasteiger partial charge is 0.329 e. The quantitative estimate of drug-likeness (QED) is 0.554. The molecule has 0 fully saturated rings. The van der Waals surface area contributed by atoms with Gasteiger partial charge in [0.15, 0.2) is 0 Å². The molecule has 0 heterocycles. The molecule has 0 saturated heterocycles. The lowest BCUT2D eigenvalue weighted by Crippen LogP contribution is -2.56. The highest BCUT2D eigenvalue weighted by atomic mass is 32.2. The van der Waals surface area contributed by atoms with Crippen LogP contribution in [0.1, 0.15) is 33.1 Å². The van der Waals surface area contributed by atoms with E-state index >= 15 is 0 Å². The Balaban J connectivity index is 4.61. The van der Waals surface area contributed by atoms with E-state index < -0.39 is 33.3 Å². The van der Waals surface area contributed by atoms with Crippen LogP contribution < -0.4 is 11.1 Å². The van der Waals surface area contributed by atoms with Crippen LogP contribution in [-0.2, 0) is 19.4 Å². The molecule has 0 aliphatic heterocycles. The van der Waals surface area contributed by atoms with Crippen molar-refractivity contribution in [3.05, 3.63) is 0 Å². The first-order valence-corrected chi connectivity index (χ1v) is 8.06. The third-order valence-corrected chi connectivity index (χ3v) is 3.73. The summed E-state index contributed by atoms with van der Waals surface area (Å²) in [6, 6.07) is -1.04. The lowest BCUT2D eigenvalue weighted by molar-refractivity contribution is -0.147. The molecule has 0 aromatic carbocycles. The summed E-state index contributed by atoms with van der Waals surface area (Å²) in [7, 11) is -3.20. The van der Waals surface area contributed by atoms with E-state index in [4.69, 9.17) is 10.8 Å². The minimum atomic E-state index is -3.20. The lowest BCUT2D eigenvalue weighted by atomic mass is 9.95. The van der Waals surface area contributed by atoms with Crippen molar-refractivity contribution in [3.8, 4) is 0 Å².